The number of fused-ring (bicyclic) bond motifs is 1. The molecule has 2 fully saturated rings. The van der Waals surface area contributed by atoms with Gasteiger partial charge >= 0.3 is 5.97 Å². The Balaban J connectivity index is 1.57. The summed E-state index contributed by atoms with van der Waals surface area (Å²) >= 11 is 0. The van der Waals surface area contributed by atoms with Crippen LogP contribution in [0.4, 0.5) is 0 Å². The first-order valence-corrected chi connectivity index (χ1v) is 13.5. The van der Waals surface area contributed by atoms with E-state index in [1.54, 1.807) is 0 Å². The maximum atomic E-state index is 13.4. The van der Waals surface area contributed by atoms with E-state index in [1.165, 1.54) is 5.06 Å². The number of hydroxylamine groups is 2. The largest absolute Gasteiger partial charge is 0.481 e. The van der Waals surface area contributed by atoms with E-state index in [2.05, 4.69) is 6.92 Å². The lowest BCUT2D eigenvalue weighted by Crippen LogP contribution is -2.45. The van der Waals surface area contributed by atoms with Crippen molar-refractivity contribution in [2.75, 3.05) is 46.1 Å². The quantitative estimate of drug-likeness (QED) is 0.398. The number of amides is 2. The Morgan fingerprint density at radius 1 is 1.19 bits per heavy atom. The van der Waals surface area contributed by atoms with E-state index in [1.807, 2.05) is 34.9 Å². The van der Waals surface area contributed by atoms with E-state index in [4.69, 9.17) is 14.3 Å². The van der Waals surface area contributed by atoms with Gasteiger partial charge in [-0.1, -0.05) is 26.3 Å². The lowest BCUT2D eigenvalue weighted by atomic mass is 9.84. The van der Waals surface area contributed by atoms with Crippen LogP contribution in [-0.2, 0) is 19.2 Å². The van der Waals surface area contributed by atoms with Gasteiger partial charge in [0.25, 0.3) is 5.91 Å². The molecule has 3 unspecified atom stereocenters. The molecule has 0 spiro atoms. The number of likely N-dealkylation sites (tertiary alicyclic amines) is 2. The Morgan fingerprint density at radius 2 is 2.00 bits per heavy atom. The average molecular weight is 518 g/mol. The van der Waals surface area contributed by atoms with Crippen molar-refractivity contribution in [1.29, 1.82) is 0 Å². The average Bonchev–Trinajstić information content (AvgIpc) is 3.60. The maximum Gasteiger partial charge on any atom is 0.308 e. The molecule has 0 aromatic heterocycles. The molecule has 4 rings (SSSR count). The van der Waals surface area contributed by atoms with E-state index in [0.29, 0.717) is 57.1 Å². The number of rotatable bonds is 13. The van der Waals surface area contributed by atoms with Crippen LogP contribution >= 0.6 is 0 Å². The van der Waals surface area contributed by atoms with Gasteiger partial charge in [0.15, 0.2) is 11.5 Å². The van der Waals surface area contributed by atoms with E-state index >= 15 is 0 Å². The van der Waals surface area contributed by atoms with Crippen molar-refractivity contribution >= 4 is 17.8 Å². The summed E-state index contributed by atoms with van der Waals surface area (Å²) in [6.45, 7) is 6.81. The molecule has 0 aliphatic carbocycles. The molecule has 3 aliphatic heterocycles. The van der Waals surface area contributed by atoms with Crippen molar-refractivity contribution in [1.82, 2.24) is 14.9 Å². The fourth-order valence-corrected chi connectivity index (χ4v) is 5.58. The van der Waals surface area contributed by atoms with Crippen LogP contribution in [0.5, 0.6) is 11.5 Å². The van der Waals surface area contributed by atoms with Gasteiger partial charge in [0.05, 0.1) is 19.1 Å². The molecule has 0 bridgehead atoms. The summed E-state index contributed by atoms with van der Waals surface area (Å²) in [5.74, 6) is -0.775. The monoisotopic (exact) mass is 517 g/mol. The van der Waals surface area contributed by atoms with Crippen LogP contribution in [0.15, 0.2) is 18.2 Å². The SMILES string of the molecule is CCCCN(OCCC)C(=O)CN1CC(c2ccc3c(c2)OCO3)C(C(=O)O)C1CCN1CCCC1=O. The number of carbonyl (C=O) groups is 3. The highest BCUT2D eigenvalue weighted by molar-refractivity contribution is 5.79. The highest BCUT2D eigenvalue weighted by Gasteiger charge is 2.47. The minimum Gasteiger partial charge on any atom is -0.481 e. The van der Waals surface area contributed by atoms with Crippen molar-refractivity contribution in [3.05, 3.63) is 23.8 Å². The Hall–Kier alpha value is -2.85. The van der Waals surface area contributed by atoms with Crippen LogP contribution in [0.1, 0.15) is 63.9 Å². The Morgan fingerprint density at radius 3 is 2.70 bits per heavy atom. The zero-order valence-corrected chi connectivity index (χ0v) is 21.9. The molecule has 3 atom stereocenters. The molecule has 1 aromatic rings. The first-order chi connectivity index (χ1) is 17.9. The van der Waals surface area contributed by atoms with Gasteiger partial charge < -0.3 is 19.5 Å². The number of carbonyl (C=O) groups excluding carboxylic acids is 2. The fraction of sp³-hybridized carbons (Fsp3) is 0.667. The summed E-state index contributed by atoms with van der Waals surface area (Å²) in [6, 6.07) is 5.16. The smallest absolute Gasteiger partial charge is 0.308 e. The summed E-state index contributed by atoms with van der Waals surface area (Å²) in [7, 11) is 0. The number of hydrogen-bond donors (Lipinski definition) is 1. The van der Waals surface area contributed by atoms with Crippen molar-refractivity contribution < 1.29 is 33.8 Å². The minimum absolute atomic E-state index is 0.0663. The second-order valence-electron chi connectivity index (χ2n) is 10.0. The highest BCUT2D eigenvalue weighted by Crippen LogP contribution is 2.42. The molecule has 0 radical (unpaired) electrons. The van der Waals surface area contributed by atoms with Gasteiger partial charge in [0.2, 0.25) is 12.7 Å². The molecule has 2 amide bonds. The number of unbranched alkanes of at least 4 members (excludes halogenated alkanes) is 1. The van der Waals surface area contributed by atoms with Gasteiger partial charge in [0.1, 0.15) is 0 Å². The zero-order valence-electron chi connectivity index (χ0n) is 21.9. The van der Waals surface area contributed by atoms with Crippen LogP contribution in [0.2, 0.25) is 0 Å². The molecular weight excluding hydrogens is 478 g/mol. The third kappa shape index (κ3) is 6.35. The van der Waals surface area contributed by atoms with E-state index in [-0.39, 0.29) is 31.1 Å². The summed E-state index contributed by atoms with van der Waals surface area (Å²) in [5.41, 5.74) is 0.846. The molecule has 2 saturated heterocycles. The van der Waals surface area contributed by atoms with E-state index in [0.717, 1.165) is 31.2 Å². The minimum atomic E-state index is -0.902. The third-order valence-corrected chi connectivity index (χ3v) is 7.51. The lowest BCUT2D eigenvalue weighted by molar-refractivity contribution is -0.188. The van der Waals surface area contributed by atoms with Gasteiger partial charge in [-0.25, -0.2) is 5.06 Å². The number of nitrogens with zero attached hydrogens (tertiary/aromatic N) is 3. The number of carboxylic acid groups (broad SMARTS) is 1. The topological polar surface area (TPSA) is 109 Å². The highest BCUT2D eigenvalue weighted by atomic mass is 16.7. The summed E-state index contributed by atoms with van der Waals surface area (Å²) < 4.78 is 11.0. The summed E-state index contributed by atoms with van der Waals surface area (Å²) in [4.78, 5) is 47.8. The number of carboxylic acids is 1. The number of aliphatic carboxylic acids is 1. The van der Waals surface area contributed by atoms with Crippen LogP contribution in [0, 0.1) is 5.92 Å². The zero-order chi connectivity index (χ0) is 26.4. The van der Waals surface area contributed by atoms with Gasteiger partial charge in [0, 0.05) is 44.6 Å². The summed E-state index contributed by atoms with van der Waals surface area (Å²) in [5, 5.41) is 11.8. The molecule has 204 valence electrons. The lowest BCUT2D eigenvalue weighted by Gasteiger charge is -2.30. The predicted molar refractivity (Wildman–Crippen MR) is 135 cm³/mol. The van der Waals surface area contributed by atoms with Crippen LogP contribution < -0.4 is 9.47 Å². The second kappa shape index (κ2) is 12.6. The molecule has 10 heteroatoms. The van der Waals surface area contributed by atoms with Gasteiger partial charge in [-0.2, -0.15) is 0 Å². The first-order valence-electron chi connectivity index (χ1n) is 13.5. The molecule has 37 heavy (non-hydrogen) atoms. The Labute approximate surface area is 218 Å². The van der Waals surface area contributed by atoms with Crippen LogP contribution in [-0.4, -0.2) is 89.9 Å². The normalized spacial score (nSPS) is 23.1. The van der Waals surface area contributed by atoms with Crippen molar-refractivity contribution in [3.63, 3.8) is 0 Å². The molecule has 3 aliphatic rings. The van der Waals surface area contributed by atoms with Gasteiger partial charge in [-0.05, 0) is 43.4 Å². The Kier molecular flexibility index (Phi) is 9.26. The molecule has 0 saturated carbocycles. The number of benzene rings is 1. The van der Waals surface area contributed by atoms with Crippen LogP contribution in [0.25, 0.3) is 0 Å². The number of hydrogen-bond acceptors (Lipinski definition) is 7. The summed E-state index contributed by atoms with van der Waals surface area (Å²) in [6.07, 6.45) is 4.41. The van der Waals surface area contributed by atoms with Gasteiger partial charge in [-0.3, -0.25) is 24.1 Å². The molecule has 3 heterocycles. The van der Waals surface area contributed by atoms with Crippen molar-refractivity contribution in [2.45, 2.75) is 64.3 Å². The Bertz CT molecular complexity index is 963. The molecule has 1 aromatic carbocycles. The molecule has 1 N–H and O–H groups in total. The predicted octanol–water partition coefficient (Wildman–Crippen LogP) is 2.87. The number of ether oxygens (including phenoxy) is 2. The van der Waals surface area contributed by atoms with Crippen molar-refractivity contribution in [2.24, 2.45) is 5.92 Å². The molecule has 10 nitrogen and oxygen atoms in total. The molecular formula is C27H39N3O7. The van der Waals surface area contributed by atoms with E-state index < -0.39 is 17.9 Å². The standard InChI is InChI=1S/C27H39N3O7/c1-3-5-12-30(37-14-4-2)25(32)17-29-16-20(19-8-9-22-23(15-19)36-18-35-22)26(27(33)34)21(29)10-13-28-11-6-7-24(28)31/h8-9,15,20-21,26H,3-7,10-14,16-18H2,1-2H3,(H,33,34). The van der Waals surface area contributed by atoms with E-state index in [9.17, 15) is 19.5 Å². The third-order valence-electron chi connectivity index (χ3n) is 7.51. The van der Waals surface area contributed by atoms with Crippen LogP contribution in [0.3, 0.4) is 0 Å². The maximum absolute atomic E-state index is 13.4. The van der Waals surface area contributed by atoms with Crippen molar-refractivity contribution in [3.8, 4) is 11.5 Å². The first kappa shape index (κ1) is 27.2. The second-order valence-corrected chi connectivity index (χ2v) is 10.0. The van der Waals surface area contributed by atoms with Gasteiger partial charge in [-0.15, -0.1) is 0 Å². The fourth-order valence-electron chi connectivity index (χ4n) is 5.58.